The minimum atomic E-state index is -0.197. The molecule has 174 valence electrons. The third-order valence-electron chi connectivity index (χ3n) is 6.09. The van der Waals surface area contributed by atoms with Crippen LogP contribution in [0.15, 0.2) is 66.9 Å². The highest BCUT2D eigenvalue weighted by Crippen LogP contribution is 2.37. The molecule has 0 saturated heterocycles. The van der Waals surface area contributed by atoms with Gasteiger partial charge in [-0.3, -0.25) is 4.79 Å². The number of aromatic amines is 1. The molecule has 0 fully saturated rings. The molecule has 1 unspecified atom stereocenters. The van der Waals surface area contributed by atoms with E-state index in [9.17, 15) is 4.79 Å². The number of ether oxygens (including phenoxy) is 4. The Morgan fingerprint density at radius 2 is 1.76 bits per heavy atom. The van der Waals surface area contributed by atoms with Crippen LogP contribution in [0.5, 0.6) is 23.0 Å². The van der Waals surface area contributed by atoms with Crippen molar-refractivity contribution in [3.63, 3.8) is 0 Å². The lowest BCUT2D eigenvalue weighted by Gasteiger charge is -2.19. The van der Waals surface area contributed by atoms with Gasteiger partial charge in [0.15, 0.2) is 11.5 Å². The Morgan fingerprint density at radius 1 is 1.00 bits per heavy atom. The Balaban J connectivity index is 1.42. The van der Waals surface area contributed by atoms with E-state index >= 15 is 0 Å². The summed E-state index contributed by atoms with van der Waals surface area (Å²) in [6, 6.07) is 19.5. The molecule has 0 radical (unpaired) electrons. The summed E-state index contributed by atoms with van der Waals surface area (Å²) in [4.78, 5) is 16.5. The number of aromatic nitrogens is 1. The van der Waals surface area contributed by atoms with Crippen LogP contribution in [0, 0.1) is 0 Å². The lowest BCUT2D eigenvalue weighted by Crippen LogP contribution is -2.25. The highest BCUT2D eigenvalue weighted by Gasteiger charge is 2.23. The van der Waals surface area contributed by atoms with Crippen molar-refractivity contribution in [2.75, 3.05) is 21.0 Å². The molecule has 7 nitrogen and oxygen atoms in total. The summed E-state index contributed by atoms with van der Waals surface area (Å²) in [5.74, 6) is 2.53. The fraction of sp³-hybridized carbons (Fsp3) is 0.222. The zero-order chi connectivity index (χ0) is 23.5. The Hall–Kier alpha value is -4.13. The van der Waals surface area contributed by atoms with Crippen LogP contribution in [0.25, 0.3) is 10.9 Å². The van der Waals surface area contributed by atoms with E-state index in [0.717, 1.165) is 33.3 Å². The predicted octanol–water partition coefficient (Wildman–Crippen LogP) is 4.75. The number of carbonyl (C=O) groups is 1. The maximum atomic E-state index is 13.1. The van der Waals surface area contributed by atoms with Crippen molar-refractivity contribution in [3.8, 4) is 23.0 Å². The van der Waals surface area contributed by atoms with Gasteiger partial charge in [-0.15, -0.1) is 0 Å². The SMILES string of the molecule is COc1cc(OC)cc(C(CC(=O)NCc2ccc3c(c2)OCO3)c2c[nH]c3ccccc23)c1. The number of H-pyrrole nitrogens is 1. The second-order valence-corrected chi connectivity index (χ2v) is 8.16. The van der Waals surface area contributed by atoms with Crippen molar-refractivity contribution >= 4 is 16.8 Å². The molecule has 0 spiro atoms. The standard InChI is InChI=1S/C27H26N2O5/c1-31-19-10-18(11-20(12-19)32-2)22(23-15-28-24-6-4-3-5-21(23)24)13-27(30)29-14-17-7-8-25-26(9-17)34-16-33-25/h3-12,15,22,28H,13-14,16H2,1-2H3,(H,29,30). The molecular weight excluding hydrogens is 432 g/mol. The first-order valence-corrected chi connectivity index (χ1v) is 11.1. The Bertz CT molecular complexity index is 1310. The van der Waals surface area contributed by atoms with Crippen molar-refractivity contribution in [1.82, 2.24) is 10.3 Å². The molecule has 0 bridgehead atoms. The van der Waals surface area contributed by atoms with Gasteiger partial charge in [0.05, 0.1) is 14.2 Å². The third kappa shape index (κ3) is 4.37. The maximum Gasteiger partial charge on any atom is 0.231 e. The Labute approximate surface area is 197 Å². The minimum Gasteiger partial charge on any atom is -0.497 e. The summed E-state index contributed by atoms with van der Waals surface area (Å²) < 4.78 is 21.8. The number of hydrogen-bond acceptors (Lipinski definition) is 5. The van der Waals surface area contributed by atoms with E-state index in [1.807, 2.05) is 60.8 Å². The zero-order valence-corrected chi connectivity index (χ0v) is 19.1. The summed E-state index contributed by atoms with van der Waals surface area (Å²) in [5, 5.41) is 4.13. The van der Waals surface area contributed by atoms with Crippen LogP contribution >= 0.6 is 0 Å². The molecule has 4 aromatic rings. The zero-order valence-electron chi connectivity index (χ0n) is 19.1. The number of hydrogen-bond donors (Lipinski definition) is 2. The molecule has 2 heterocycles. The predicted molar refractivity (Wildman–Crippen MR) is 129 cm³/mol. The van der Waals surface area contributed by atoms with Crippen LogP contribution < -0.4 is 24.3 Å². The molecule has 1 amide bonds. The van der Waals surface area contributed by atoms with Gasteiger partial charge in [-0.2, -0.15) is 0 Å². The van der Waals surface area contributed by atoms with Gasteiger partial charge < -0.3 is 29.2 Å². The van der Waals surface area contributed by atoms with Crippen LogP contribution in [-0.4, -0.2) is 31.9 Å². The molecule has 7 heteroatoms. The Morgan fingerprint density at radius 3 is 2.56 bits per heavy atom. The largest absolute Gasteiger partial charge is 0.497 e. The smallest absolute Gasteiger partial charge is 0.231 e. The molecule has 34 heavy (non-hydrogen) atoms. The number of fused-ring (bicyclic) bond motifs is 2. The van der Waals surface area contributed by atoms with Crippen molar-refractivity contribution < 1.29 is 23.7 Å². The average Bonchev–Trinajstić information content (AvgIpc) is 3.52. The second kappa shape index (κ2) is 9.39. The first kappa shape index (κ1) is 21.7. The molecule has 3 aromatic carbocycles. The summed E-state index contributed by atoms with van der Waals surface area (Å²) in [6.45, 7) is 0.624. The monoisotopic (exact) mass is 458 g/mol. The van der Waals surface area contributed by atoms with Gasteiger partial charge in [-0.25, -0.2) is 0 Å². The molecule has 1 aromatic heterocycles. The quantitative estimate of drug-likeness (QED) is 0.398. The summed E-state index contributed by atoms with van der Waals surface area (Å²) in [5.41, 5.74) is 3.96. The van der Waals surface area contributed by atoms with Gasteiger partial charge in [0.25, 0.3) is 0 Å². The number of carbonyl (C=O) groups excluding carboxylic acids is 1. The molecular formula is C27H26N2O5. The molecule has 5 rings (SSSR count). The third-order valence-corrected chi connectivity index (χ3v) is 6.09. The van der Waals surface area contributed by atoms with E-state index in [1.165, 1.54) is 0 Å². The first-order valence-electron chi connectivity index (χ1n) is 11.1. The van der Waals surface area contributed by atoms with E-state index in [-0.39, 0.29) is 25.0 Å². The highest BCUT2D eigenvalue weighted by atomic mass is 16.7. The van der Waals surface area contributed by atoms with Gasteiger partial charge in [0, 0.05) is 42.0 Å². The van der Waals surface area contributed by atoms with Crippen molar-refractivity contribution in [1.29, 1.82) is 0 Å². The van der Waals surface area contributed by atoms with E-state index in [1.54, 1.807) is 14.2 Å². The normalized spacial score (nSPS) is 13.0. The summed E-state index contributed by atoms with van der Waals surface area (Å²) in [7, 11) is 3.24. The van der Waals surface area contributed by atoms with Gasteiger partial charge in [0.2, 0.25) is 12.7 Å². The van der Waals surface area contributed by atoms with Gasteiger partial charge in [-0.05, 0) is 47.0 Å². The minimum absolute atomic E-state index is 0.0604. The van der Waals surface area contributed by atoms with Crippen LogP contribution in [0.3, 0.4) is 0 Å². The first-order chi connectivity index (χ1) is 16.6. The van der Waals surface area contributed by atoms with E-state index in [0.29, 0.717) is 23.8 Å². The number of amides is 1. The molecule has 1 aliphatic rings. The van der Waals surface area contributed by atoms with Crippen LogP contribution in [0.4, 0.5) is 0 Å². The molecule has 0 saturated carbocycles. The van der Waals surface area contributed by atoms with Gasteiger partial charge >= 0.3 is 0 Å². The molecule has 0 aliphatic carbocycles. The number of benzene rings is 3. The van der Waals surface area contributed by atoms with Crippen LogP contribution in [-0.2, 0) is 11.3 Å². The average molecular weight is 459 g/mol. The maximum absolute atomic E-state index is 13.1. The highest BCUT2D eigenvalue weighted by molar-refractivity contribution is 5.86. The summed E-state index contributed by atoms with van der Waals surface area (Å²) >= 11 is 0. The van der Waals surface area contributed by atoms with E-state index in [4.69, 9.17) is 18.9 Å². The van der Waals surface area contributed by atoms with E-state index in [2.05, 4.69) is 16.4 Å². The molecule has 1 aliphatic heterocycles. The van der Waals surface area contributed by atoms with E-state index < -0.39 is 0 Å². The fourth-order valence-electron chi connectivity index (χ4n) is 4.33. The van der Waals surface area contributed by atoms with Gasteiger partial charge in [-0.1, -0.05) is 24.3 Å². The Kier molecular flexibility index (Phi) is 5.99. The topological polar surface area (TPSA) is 81.8 Å². The van der Waals surface area contributed by atoms with Crippen molar-refractivity contribution in [3.05, 3.63) is 83.6 Å². The van der Waals surface area contributed by atoms with Crippen LogP contribution in [0.2, 0.25) is 0 Å². The molecule has 1 atom stereocenters. The lowest BCUT2D eigenvalue weighted by molar-refractivity contribution is -0.121. The lowest BCUT2D eigenvalue weighted by atomic mass is 9.87. The number of nitrogens with one attached hydrogen (secondary N) is 2. The summed E-state index contributed by atoms with van der Waals surface area (Å²) in [6.07, 6.45) is 2.25. The van der Waals surface area contributed by atoms with Gasteiger partial charge in [0.1, 0.15) is 11.5 Å². The number of methoxy groups -OCH3 is 2. The van der Waals surface area contributed by atoms with Crippen molar-refractivity contribution in [2.24, 2.45) is 0 Å². The molecule has 2 N–H and O–H groups in total. The fourth-order valence-corrected chi connectivity index (χ4v) is 4.33. The second-order valence-electron chi connectivity index (χ2n) is 8.16. The van der Waals surface area contributed by atoms with Crippen LogP contribution in [0.1, 0.15) is 29.0 Å². The van der Waals surface area contributed by atoms with Crippen molar-refractivity contribution in [2.45, 2.75) is 18.9 Å². The number of rotatable bonds is 8. The number of para-hydroxylation sites is 1.